The third-order valence-corrected chi connectivity index (χ3v) is 1.94. The van der Waals surface area contributed by atoms with Crippen molar-refractivity contribution in [3.05, 3.63) is 17.0 Å². The van der Waals surface area contributed by atoms with Gasteiger partial charge in [-0.25, -0.2) is 9.78 Å². The number of ether oxygens (including phenoxy) is 1. The lowest BCUT2D eigenvalue weighted by Gasteiger charge is -2.23. The molecule has 1 amide bonds. The Bertz CT molecular complexity index is 369. The molecule has 0 unspecified atom stereocenters. The molecular weight excluding hydrogens is 194 g/mol. The Morgan fingerprint density at radius 1 is 1.69 bits per heavy atom. The Kier molecular flexibility index (Phi) is 1.81. The quantitative estimate of drug-likeness (QED) is 0.590. The third-order valence-electron chi connectivity index (χ3n) is 1.76. The third kappa shape index (κ3) is 1.31. The molecule has 68 valence electrons. The topological polar surface area (TPSA) is 55.3 Å². The number of amides is 1. The van der Waals surface area contributed by atoms with Gasteiger partial charge in [0, 0.05) is 13.2 Å². The summed E-state index contributed by atoms with van der Waals surface area (Å²) in [7, 11) is 1.57. The van der Waals surface area contributed by atoms with Crippen molar-refractivity contribution in [2.75, 3.05) is 11.9 Å². The number of hydrogen-bond acceptors (Lipinski definition) is 4. The number of carbonyl (C=O) groups is 1. The summed E-state index contributed by atoms with van der Waals surface area (Å²) in [5, 5.41) is 0.125. The molecule has 0 saturated heterocycles. The maximum absolute atomic E-state index is 11.1. The van der Waals surface area contributed by atoms with Crippen LogP contribution >= 0.6 is 11.6 Å². The van der Waals surface area contributed by atoms with Crippen LogP contribution in [0.3, 0.4) is 0 Å². The largest absolute Gasteiger partial charge is 0.444 e. The predicted molar refractivity (Wildman–Crippen MR) is 45.6 cm³/mol. The average molecular weight is 200 g/mol. The summed E-state index contributed by atoms with van der Waals surface area (Å²) in [5.74, 6) is 0.510. The van der Waals surface area contributed by atoms with E-state index in [1.54, 1.807) is 13.2 Å². The van der Waals surface area contributed by atoms with Crippen molar-refractivity contribution < 1.29 is 9.53 Å². The second kappa shape index (κ2) is 2.85. The Labute approximate surface area is 79.3 Å². The van der Waals surface area contributed by atoms with Crippen LogP contribution in [0, 0.1) is 0 Å². The molecule has 13 heavy (non-hydrogen) atoms. The normalized spacial score (nSPS) is 15.2. The number of carbonyl (C=O) groups excluding carboxylic acids is 1. The Morgan fingerprint density at radius 2 is 2.46 bits per heavy atom. The fourth-order valence-electron chi connectivity index (χ4n) is 1.09. The number of aromatic nitrogens is 2. The van der Waals surface area contributed by atoms with Gasteiger partial charge in [0.1, 0.15) is 12.4 Å². The lowest BCUT2D eigenvalue weighted by atomic mass is 10.3. The summed E-state index contributed by atoms with van der Waals surface area (Å²) >= 11 is 5.59. The maximum Gasteiger partial charge on any atom is 0.415 e. The summed E-state index contributed by atoms with van der Waals surface area (Å²) in [6.45, 7) is 0.204. The van der Waals surface area contributed by atoms with Crippen molar-refractivity contribution >= 4 is 23.5 Å². The van der Waals surface area contributed by atoms with Crippen molar-refractivity contribution in [1.29, 1.82) is 0 Å². The van der Waals surface area contributed by atoms with Crippen LogP contribution in [0.25, 0.3) is 0 Å². The van der Waals surface area contributed by atoms with Gasteiger partial charge in [-0.15, -0.1) is 0 Å². The molecule has 0 radical (unpaired) electrons. The van der Waals surface area contributed by atoms with Gasteiger partial charge >= 0.3 is 6.09 Å². The maximum atomic E-state index is 11.1. The van der Waals surface area contributed by atoms with Gasteiger partial charge in [0.25, 0.3) is 0 Å². The molecular formula is C7H6ClN3O2. The average Bonchev–Trinajstić information content (AvgIpc) is 2.12. The Balaban J connectivity index is 2.51. The van der Waals surface area contributed by atoms with Crippen molar-refractivity contribution in [3.63, 3.8) is 0 Å². The van der Waals surface area contributed by atoms with E-state index in [0.29, 0.717) is 5.82 Å². The monoisotopic (exact) mass is 199 g/mol. The molecule has 1 aliphatic rings. The fourth-order valence-corrected chi connectivity index (χ4v) is 1.22. The van der Waals surface area contributed by atoms with Crippen molar-refractivity contribution in [1.82, 2.24) is 9.97 Å². The lowest BCUT2D eigenvalue weighted by Crippen LogP contribution is -2.32. The van der Waals surface area contributed by atoms with Crippen LogP contribution in [0.15, 0.2) is 6.20 Å². The fraction of sp³-hybridized carbons (Fsp3) is 0.286. The minimum atomic E-state index is -0.428. The van der Waals surface area contributed by atoms with Gasteiger partial charge < -0.3 is 4.74 Å². The highest BCUT2D eigenvalue weighted by molar-refractivity contribution is 6.28. The van der Waals surface area contributed by atoms with E-state index >= 15 is 0 Å². The second-order valence-corrected chi connectivity index (χ2v) is 2.94. The van der Waals surface area contributed by atoms with Crippen LogP contribution in [0.4, 0.5) is 10.6 Å². The van der Waals surface area contributed by atoms with Gasteiger partial charge in [0.05, 0.1) is 5.56 Å². The van der Waals surface area contributed by atoms with E-state index in [2.05, 4.69) is 9.97 Å². The number of rotatable bonds is 0. The molecule has 1 aliphatic heterocycles. The van der Waals surface area contributed by atoms with Crippen LogP contribution in [0.1, 0.15) is 5.56 Å². The highest BCUT2D eigenvalue weighted by Crippen LogP contribution is 2.23. The van der Waals surface area contributed by atoms with Gasteiger partial charge in [-0.05, 0) is 11.6 Å². The first-order chi connectivity index (χ1) is 6.18. The lowest BCUT2D eigenvalue weighted by molar-refractivity contribution is 0.143. The Hall–Kier alpha value is -1.36. The molecule has 0 N–H and O–H groups in total. The molecule has 0 atom stereocenters. The van der Waals surface area contributed by atoms with Crippen molar-refractivity contribution in [3.8, 4) is 0 Å². The summed E-state index contributed by atoms with van der Waals surface area (Å²) in [5.41, 5.74) is 0.756. The second-order valence-electron chi connectivity index (χ2n) is 2.60. The number of hydrogen-bond donors (Lipinski definition) is 0. The molecule has 2 rings (SSSR count). The molecule has 6 heteroatoms. The molecule has 0 saturated carbocycles. The van der Waals surface area contributed by atoms with Gasteiger partial charge in [0.15, 0.2) is 0 Å². The number of nitrogens with zero attached hydrogens (tertiary/aromatic N) is 3. The van der Waals surface area contributed by atoms with Crippen LogP contribution in [0.2, 0.25) is 5.28 Å². The van der Waals surface area contributed by atoms with Gasteiger partial charge in [-0.3, -0.25) is 4.90 Å². The number of cyclic esters (lactones) is 1. The van der Waals surface area contributed by atoms with E-state index in [1.165, 1.54) is 4.90 Å². The molecule has 0 fully saturated rings. The molecule has 0 aliphatic carbocycles. The highest BCUT2D eigenvalue weighted by atomic mass is 35.5. The smallest absolute Gasteiger partial charge is 0.415 e. The van der Waals surface area contributed by atoms with Crippen LogP contribution < -0.4 is 4.90 Å². The first kappa shape index (κ1) is 8.25. The van der Waals surface area contributed by atoms with E-state index < -0.39 is 6.09 Å². The van der Waals surface area contributed by atoms with E-state index in [0.717, 1.165) is 5.56 Å². The SMILES string of the molecule is CN1C(=O)OCc2cnc(Cl)nc21. The number of anilines is 1. The van der Waals surface area contributed by atoms with E-state index in [1.807, 2.05) is 0 Å². The highest BCUT2D eigenvalue weighted by Gasteiger charge is 2.23. The molecule has 0 bridgehead atoms. The summed E-state index contributed by atoms with van der Waals surface area (Å²) in [6.07, 6.45) is 1.12. The zero-order chi connectivity index (χ0) is 9.42. The van der Waals surface area contributed by atoms with Crippen LogP contribution in [0.5, 0.6) is 0 Å². The summed E-state index contributed by atoms with van der Waals surface area (Å²) < 4.78 is 4.82. The molecule has 2 heterocycles. The van der Waals surface area contributed by atoms with Gasteiger partial charge in [0.2, 0.25) is 5.28 Å². The standard InChI is InChI=1S/C7H6ClN3O2/c1-11-5-4(3-13-7(11)12)2-9-6(8)10-5/h2H,3H2,1H3. The van der Waals surface area contributed by atoms with Crippen LogP contribution in [-0.2, 0) is 11.3 Å². The van der Waals surface area contributed by atoms with Gasteiger partial charge in [-0.2, -0.15) is 4.98 Å². The molecule has 0 spiro atoms. The minimum absolute atomic E-state index is 0.125. The predicted octanol–water partition coefficient (Wildman–Crippen LogP) is 1.22. The zero-order valence-corrected chi connectivity index (χ0v) is 7.58. The van der Waals surface area contributed by atoms with E-state index in [-0.39, 0.29) is 11.9 Å². The van der Waals surface area contributed by atoms with E-state index in [4.69, 9.17) is 16.3 Å². The van der Waals surface area contributed by atoms with Crippen molar-refractivity contribution in [2.45, 2.75) is 6.61 Å². The number of fused-ring (bicyclic) bond motifs is 1. The number of halogens is 1. The molecule has 1 aromatic rings. The minimum Gasteiger partial charge on any atom is -0.444 e. The van der Waals surface area contributed by atoms with Crippen LogP contribution in [-0.4, -0.2) is 23.1 Å². The summed E-state index contributed by atoms with van der Waals surface area (Å²) in [6, 6.07) is 0. The first-order valence-electron chi connectivity index (χ1n) is 3.60. The molecule has 5 nitrogen and oxygen atoms in total. The van der Waals surface area contributed by atoms with Crippen molar-refractivity contribution in [2.24, 2.45) is 0 Å². The zero-order valence-electron chi connectivity index (χ0n) is 6.82. The Morgan fingerprint density at radius 3 is 3.23 bits per heavy atom. The summed E-state index contributed by atoms with van der Waals surface area (Å²) in [4.78, 5) is 20.1. The van der Waals surface area contributed by atoms with E-state index in [9.17, 15) is 4.79 Å². The van der Waals surface area contributed by atoms with Gasteiger partial charge in [-0.1, -0.05) is 0 Å². The first-order valence-corrected chi connectivity index (χ1v) is 3.98. The molecule has 1 aromatic heterocycles. The molecule has 0 aromatic carbocycles.